The Kier molecular flexibility index (Phi) is 5.82. The summed E-state index contributed by atoms with van der Waals surface area (Å²) in [5, 5.41) is -0.542. The summed E-state index contributed by atoms with van der Waals surface area (Å²) in [4.78, 5) is 0.283. The van der Waals surface area contributed by atoms with Crippen LogP contribution in [0.3, 0.4) is 0 Å². The van der Waals surface area contributed by atoms with Gasteiger partial charge in [0.05, 0.1) is 17.3 Å². The monoisotopic (exact) mass is 285 g/mol. The van der Waals surface area contributed by atoms with E-state index >= 15 is 0 Å². The van der Waals surface area contributed by atoms with Gasteiger partial charge in [0.2, 0.25) is 0 Å². The van der Waals surface area contributed by atoms with Crippen molar-refractivity contribution in [3.63, 3.8) is 0 Å². The number of benzene rings is 1. The van der Waals surface area contributed by atoms with Gasteiger partial charge >= 0.3 is 0 Å². The Morgan fingerprint density at radius 3 is 2.53 bits per heavy atom. The summed E-state index contributed by atoms with van der Waals surface area (Å²) in [7, 11) is -1.89. The third kappa shape index (κ3) is 3.70. The Hall–Kier alpha value is -1.07. The largest absolute Gasteiger partial charge is 0.497 e. The van der Waals surface area contributed by atoms with Crippen molar-refractivity contribution in [2.24, 2.45) is 5.73 Å². The van der Waals surface area contributed by atoms with Gasteiger partial charge in [-0.1, -0.05) is 26.3 Å². The molecule has 4 nitrogen and oxygen atoms in total. The average Bonchev–Trinajstić information content (AvgIpc) is 2.39. The van der Waals surface area contributed by atoms with Crippen molar-refractivity contribution >= 4 is 9.84 Å². The second-order valence-corrected chi connectivity index (χ2v) is 6.79. The maximum atomic E-state index is 12.6. The third-order valence-electron chi connectivity index (χ3n) is 3.27. The van der Waals surface area contributed by atoms with Crippen molar-refractivity contribution < 1.29 is 13.2 Å². The molecule has 0 heterocycles. The number of ether oxygens (including phenoxy) is 1. The minimum absolute atomic E-state index is 0.283. The van der Waals surface area contributed by atoms with Crippen molar-refractivity contribution in [2.45, 2.75) is 49.3 Å². The molecule has 0 radical (unpaired) electrons. The van der Waals surface area contributed by atoms with Crippen LogP contribution in [-0.4, -0.2) is 26.8 Å². The zero-order valence-electron chi connectivity index (χ0n) is 11.8. The Labute approximate surface area is 115 Å². The molecule has 1 aromatic carbocycles. The van der Waals surface area contributed by atoms with Gasteiger partial charge in [0.25, 0.3) is 0 Å². The first-order chi connectivity index (χ1) is 8.97. The van der Waals surface area contributed by atoms with Crippen molar-refractivity contribution in [1.29, 1.82) is 0 Å². The predicted molar refractivity (Wildman–Crippen MR) is 77.1 cm³/mol. The van der Waals surface area contributed by atoms with Gasteiger partial charge in [-0.3, -0.25) is 0 Å². The minimum Gasteiger partial charge on any atom is -0.497 e. The molecule has 0 amide bonds. The van der Waals surface area contributed by atoms with Gasteiger partial charge in [-0.05, 0) is 31.0 Å². The molecule has 2 N–H and O–H groups in total. The van der Waals surface area contributed by atoms with E-state index in [-0.39, 0.29) is 10.9 Å². The first-order valence-corrected chi connectivity index (χ1v) is 8.15. The molecule has 108 valence electrons. The van der Waals surface area contributed by atoms with Crippen LogP contribution in [0, 0.1) is 0 Å². The van der Waals surface area contributed by atoms with Crippen molar-refractivity contribution in [3.05, 3.63) is 24.3 Å². The van der Waals surface area contributed by atoms with E-state index in [2.05, 4.69) is 0 Å². The molecule has 0 aliphatic carbocycles. The van der Waals surface area contributed by atoms with Crippen LogP contribution in [0.15, 0.2) is 29.2 Å². The lowest BCUT2D eigenvalue weighted by Crippen LogP contribution is -2.40. The molecule has 0 aliphatic heterocycles. The van der Waals surface area contributed by atoms with Crippen LogP contribution in [0.4, 0.5) is 0 Å². The van der Waals surface area contributed by atoms with Crippen LogP contribution in [0.25, 0.3) is 0 Å². The van der Waals surface area contributed by atoms with E-state index in [0.717, 1.165) is 6.42 Å². The van der Waals surface area contributed by atoms with Crippen LogP contribution in [-0.2, 0) is 9.84 Å². The molecule has 0 fully saturated rings. The normalized spacial score (nSPS) is 14.9. The SMILES string of the molecule is CCCC(N)C(CC)S(=O)(=O)c1cccc(OC)c1. The predicted octanol–water partition coefficient (Wildman–Crippen LogP) is 2.37. The lowest BCUT2D eigenvalue weighted by atomic mass is 10.1. The van der Waals surface area contributed by atoms with Crippen LogP contribution >= 0.6 is 0 Å². The molecular formula is C14H23NO3S. The molecule has 5 heteroatoms. The van der Waals surface area contributed by atoms with E-state index in [4.69, 9.17) is 10.5 Å². The van der Waals surface area contributed by atoms with E-state index in [9.17, 15) is 8.42 Å². The van der Waals surface area contributed by atoms with Crippen LogP contribution < -0.4 is 10.5 Å². The van der Waals surface area contributed by atoms with Gasteiger partial charge in [-0.2, -0.15) is 0 Å². The molecule has 2 atom stereocenters. The highest BCUT2D eigenvalue weighted by Crippen LogP contribution is 2.25. The smallest absolute Gasteiger partial charge is 0.182 e. The van der Waals surface area contributed by atoms with E-state index in [1.165, 1.54) is 7.11 Å². The molecular weight excluding hydrogens is 262 g/mol. The van der Waals surface area contributed by atoms with Gasteiger partial charge < -0.3 is 10.5 Å². The molecule has 2 unspecified atom stereocenters. The zero-order valence-corrected chi connectivity index (χ0v) is 12.6. The zero-order chi connectivity index (χ0) is 14.5. The lowest BCUT2D eigenvalue weighted by molar-refractivity contribution is 0.413. The number of methoxy groups -OCH3 is 1. The molecule has 1 rings (SSSR count). The molecule has 0 aromatic heterocycles. The van der Waals surface area contributed by atoms with Crippen LogP contribution in [0.2, 0.25) is 0 Å². The number of rotatable bonds is 7. The molecule has 0 saturated carbocycles. The molecule has 19 heavy (non-hydrogen) atoms. The van der Waals surface area contributed by atoms with Crippen LogP contribution in [0.1, 0.15) is 33.1 Å². The number of nitrogens with two attached hydrogens (primary N) is 1. The Bertz CT molecular complexity index is 499. The summed E-state index contributed by atoms with van der Waals surface area (Å²) in [5.41, 5.74) is 6.02. The summed E-state index contributed by atoms with van der Waals surface area (Å²) >= 11 is 0. The van der Waals surface area contributed by atoms with E-state index in [1.54, 1.807) is 24.3 Å². The maximum Gasteiger partial charge on any atom is 0.182 e. The molecule has 0 bridgehead atoms. The maximum absolute atomic E-state index is 12.6. The van der Waals surface area contributed by atoms with E-state index in [1.807, 2.05) is 13.8 Å². The number of sulfone groups is 1. The van der Waals surface area contributed by atoms with Gasteiger partial charge in [-0.25, -0.2) is 8.42 Å². The number of hydrogen-bond donors (Lipinski definition) is 1. The van der Waals surface area contributed by atoms with Crippen molar-refractivity contribution in [3.8, 4) is 5.75 Å². The molecule has 1 aromatic rings. The summed E-state index contributed by atoms with van der Waals surface area (Å²) in [6.07, 6.45) is 2.10. The Morgan fingerprint density at radius 1 is 1.32 bits per heavy atom. The topological polar surface area (TPSA) is 69.4 Å². The summed E-state index contributed by atoms with van der Waals surface area (Å²) in [6, 6.07) is 6.23. The van der Waals surface area contributed by atoms with Gasteiger partial charge in [0, 0.05) is 6.04 Å². The fourth-order valence-electron chi connectivity index (χ4n) is 2.22. The lowest BCUT2D eigenvalue weighted by Gasteiger charge is -2.22. The van der Waals surface area contributed by atoms with Gasteiger partial charge in [-0.15, -0.1) is 0 Å². The van der Waals surface area contributed by atoms with Crippen LogP contribution in [0.5, 0.6) is 5.75 Å². The molecule has 0 spiro atoms. The van der Waals surface area contributed by atoms with Crippen molar-refractivity contribution in [2.75, 3.05) is 7.11 Å². The fraction of sp³-hybridized carbons (Fsp3) is 0.571. The highest BCUT2D eigenvalue weighted by atomic mass is 32.2. The molecule has 0 aliphatic rings. The molecule has 0 saturated heterocycles. The second kappa shape index (κ2) is 6.91. The standard InChI is InChI=1S/C14H23NO3S/c1-4-7-13(15)14(5-2)19(16,17)12-9-6-8-11(10-12)18-3/h6,8-10,13-14H,4-5,7,15H2,1-3H3. The number of hydrogen-bond acceptors (Lipinski definition) is 4. The Balaban J connectivity index is 3.12. The van der Waals surface area contributed by atoms with E-state index in [0.29, 0.717) is 18.6 Å². The summed E-state index contributed by atoms with van der Waals surface area (Å²) < 4.78 is 30.3. The van der Waals surface area contributed by atoms with E-state index < -0.39 is 15.1 Å². The first-order valence-electron chi connectivity index (χ1n) is 6.60. The summed E-state index contributed by atoms with van der Waals surface area (Å²) in [6.45, 7) is 3.86. The quantitative estimate of drug-likeness (QED) is 0.835. The highest BCUT2D eigenvalue weighted by molar-refractivity contribution is 7.92. The van der Waals surface area contributed by atoms with Gasteiger partial charge in [0.15, 0.2) is 9.84 Å². The summed E-state index contributed by atoms with van der Waals surface area (Å²) in [5.74, 6) is 0.542. The van der Waals surface area contributed by atoms with Gasteiger partial charge in [0.1, 0.15) is 5.75 Å². The third-order valence-corrected chi connectivity index (χ3v) is 5.66. The fourth-order valence-corrected chi connectivity index (χ4v) is 4.16. The average molecular weight is 285 g/mol. The minimum atomic E-state index is -3.41. The highest BCUT2D eigenvalue weighted by Gasteiger charge is 2.31. The Morgan fingerprint density at radius 2 is 2.00 bits per heavy atom. The van der Waals surface area contributed by atoms with Crippen molar-refractivity contribution in [1.82, 2.24) is 0 Å². The second-order valence-electron chi connectivity index (χ2n) is 4.62. The first kappa shape index (κ1) is 16.0.